The first-order chi connectivity index (χ1) is 9.76. The van der Waals surface area contributed by atoms with E-state index in [0.717, 1.165) is 36.2 Å². The molecule has 20 heavy (non-hydrogen) atoms. The van der Waals surface area contributed by atoms with Crippen molar-refractivity contribution in [3.05, 3.63) is 35.7 Å². The topological polar surface area (TPSA) is 55.0 Å². The van der Waals surface area contributed by atoms with Crippen LogP contribution in [0.1, 0.15) is 43.5 Å². The standard InChI is InChI=1S/C15H20N4S/c1-2-8-19(10-11-4-3-5-13(16)9-11)15-17-14(18-20-15)12-6-7-12/h3-5,9,12H,2,6-8,10,16H2,1H3. The molecule has 1 aliphatic carbocycles. The van der Waals surface area contributed by atoms with Gasteiger partial charge in [0.05, 0.1) is 0 Å². The molecule has 1 aliphatic rings. The van der Waals surface area contributed by atoms with Gasteiger partial charge in [-0.15, -0.1) is 0 Å². The van der Waals surface area contributed by atoms with Crippen LogP contribution in [0.2, 0.25) is 0 Å². The van der Waals surface area contributed by atoms with E-state index in [0.29, 0.717) is 5.92 Å². The Morgan fingerprint density at radius 1 is 1.40 bits per heavy atom. The van der Waals surface area contributed by atoms with Crippen molar-refractivity contribution >= 4 is 22.4 Å². The summed E-state index contributed by atoms with van der Waals surface area (Å²) in [5, 5.41) is 1.04. The number of nitrogens with zero attached hydrogens (tertiary/aromatic N) is 3. The van der Waals surface area contributed by atoms with Crippen LogP contribution in [0, 0.1) is 0 Å². The summed E-state index contributed by atoms with van der Waals surface area (Å²) in [6.45, 7) is 4.03. The zero-order chi connectivity index (χ0) is 13.9. The maximum Gasteiger partial charge on any atom is 0.205 e. The van der Waals surface area contributed by atoms with Gasteiger partial charge >= 0.3 is 0 Å². The van der Waals surface area contributed by atoms with Gasteiger partial charge in [0.1, 0.15) is 5.82 Å². The Morgan fingerprint density at radius 2 is 2.25 bits per heavy atom. The summed E-state index contributed by atoms with van der Waals surface area (Å²) in [6, 6.07) is 8.07. The first kappa shape index (κ1) is 13.4. The van der Waals surface area contributed by atoms with Gasteiger partial charge in [0, 0.05) is 36.2 Å². The second-order valence-corrected chi connectivity index (χ2v) is 6.11. The van der Waals surface area contributed by atoms with Crippen LogP contribution >= 0.6 is 11.5 Å². The third-order valence-corrected chi connectivity index (χ3v) is 4.25. The summed E-state index contributed by atoms with van der Waals surface area (Å²) < 4.78 is 4.50. The van der Waals surface area contributed by atoms with E-state index in [2.05, 4.69) is 22.3 Å². The van der Waals surface area contributed by atoms with Crippen molar-refractivity contribution in [1.29, 1.82) is 0 Å². The summed E-state index contributed by atoms with van der Waals surface area (Å²) in [6.07, 6.45) is 3.60. The molecule has 2 aromatic rings. The van der Waals surface area contributed by atoms with Crippen LogP contribution in [-0.4, -0.2) is 15.9 Å². The fourth-order valence-corrected chi connectivity index (χ4v) is 3.06. The minimum atomic E-state index is 0.621. The molecule has 3 rings (SSSR count). The van der Waals surface area contributed by atoms with Gasteiger partial charge in [-0.25, -0.2) is 4.98 Å². The highest BCUT2D eigenvalue weighted by Crippen LogP contribution is 2.39. The van der Waals surface area contributed by atoms with E-state index in [4.69, 9.17) is 10.7 Å². The van der Waals surface area contributed by atoms with Crippen LogP contribution in [0.4, 0.5) is 10.8 Å². The minimum absolute atomic E-state index is 0.621. The van der Waals surface area contributed by atoms with E-state index in [9.17, 15) is 0 Å². The molecule has 106 valence electrons. The number of hydrogen-bond donors (Lipinski definition) is 1. The number of nitrogens with two attached hydrogens (primary N) is 1. The Hall–Kier alpha value is -1.62. The number of anilines is 2. The second-order valence-electron chi connectivity index (χ2n) is 5.38. The van der Waals surface area contributed by atoms with Crippen LogP contribution in [0.15, 0.2) is 24.3 Å². The molecule has 1 fully saturated rings. The van der Waals surface area contributed by atoms with Crippen molar-refractivity contribution in [2.75, 3.05) is 17.2 Å². The number of benzene rings is 1. The summed E-state index contributed by atoms with van der Waals surface area (Å²) in [5.74, 6) is 1.66. The Morgan fingerprint density at radius 3 is 2.95 bits per heavy atom. The van der Waals surface area contributed by atoms with E-state index < -0.39 is 0 Å². The molecular formula is C15H20N4S. The van der Waals surface area contributed by atoms with E-state index in [1.807, 2.05) is 18.2 Å². The summed E-state index contributed by atoms with van der Waals surface area (Å²) >= 11 is 1.52. The Labute approximate surface area is 123 Å². The predicted octanol–water partition coefficient (Wildman–Crippen LogP) is 3.41. The fourth-order valence-electron chi connectivity index (χ4n) is 2.29. The second kappa shape index (κ2) is 5.79. The first-order valence-electron chi connectivity index (χ1n) is 7.19. The normalized spacial score (nSPS) is 14.4. The fraction of sp³-hybridized carbons (Fsp3) is 0.467. The molecule has 2 N–H and O–H groups in total. The van der Waals surface area contributed by atoms with Gasteiger partial charge in [0.15, 0.2) is 0 Å². The first-order valence-corrected chi connectivity index (χ1v) is 7.96. The number of hydrogen-bond acceptors (Lipinski definition) is 5. The highest BCUT2D eigenvalue weighted by molar-refractivity contribution is 7.09. The lowest BCUT2D eigenvalue weighted by Crippen LogP contribution is -2.23. The van der Waals surface area contributed by atoms with Gasteiger partial charge in [-0.2, -0.15) is 4.37 Å². The molecule has 1 heterocycles. The highest BCUT2D eigenvalue weighted by atomic mass is 32.1. The number of nitrogen functional groups attached to an aromatic ring is 1. The van der Waals surface area contributed by atoms with Crippen LogP contribution in [0.25, 0.3) is 0 Å². The largest absolute Gasteiger partial charge is 0.399 e. The maximum atomic E-state index is 5.86. The zero-order valence-electron chi connectivity index (χ0n) is 11.7. The Bertz CT molecular complexity index is 577. The van der Waals surface area contributed by atoms with Gasteiger partial charge in [-0.1, -0.05) is 19.1 Å². The van der Waals surface area contributed by atoms with E-state index in [-0.39, 0.29) is 0 Å². The molecule has 0 aliphatic heterocycles. The summed E-state index contributed by atoms with van der Waals surface area (Å²) in [5.41, 5.74) is 7.89. The van der Waals surface area contributed by atoms with Crippen molar-refractivity contribution in [1.82, 2.24) is 9.36 Å². The van der Waals surface area contributed by atoms with Gasteiger partial charge in [0.25, 0.3) is 0 Å². The SMILES string of the molecule is CCCN(Cc1cccc(N)c1)c1nc(C2CC2)ns1. The molecule has 1 aromatic heterocycles. The lowest BCUT2D eigenvalue weighted by molar-refractivity contribution is 0.760. The average Bonchev–Trinajstić information content (AvgIpc) is 3.16. The smallest absolute Gasteiger partial charge is 0.205 e. The predicted molar refractivity (Wildman–Crippen MR) is 84.1 cm³/mol. The van der Waals surface area contributed by atoms with E-state index in [1.54, 1.807) is 0 Å². The van der Waals surface area contributed by atoms with Crippen molar-refractivity contribution in [2.24, 2.45) is 0 Å². The molecular weight excluding hydrogens is 268 g/mol. The highest BCUT2D eigenvalue weighted by Gasteiger charge is 2.28. The molecule has 4 nitrogen and oxygen atoms in total. The van der Waals surface area contributed by atoms with Crippen LogP contribution in [0.3, 0.4) is 0 Å². The lowest BCUT2D eigenvalue weighted by atomic mass is 10.2. The van der Waals surface area contributed by atoms with Gasteiger partial charge in [-0.05, 0) is 37.0 Å². The molecule has 0 unspecified atom stereocenters. The monoisotopic (exact) mass is 288 g/mol. The van der Waals surface area contributed by atoms with Crippen molar-refractivity contribution in [2.45, 2.75) is 38.6 Å². The number of rotatable bonds is 6. The summed E-state index contributed by atoms with van der Waals surface area (Å²) in [4.78, 5) is 7.02. The van der Waals surface area contributed by atoms with Gasteiger partial charge in [0.2, 0.25) is 5.13 Å². The Balaban J connectivity index is 1.76. The average molecular weight is 288 g/mol. The van der Waals surface area contributed by atoms with Crippen LogP contribution in [-0.2, 0) is 6.54 Å². The molecule has 5 heteroatoms. The van der Waals surface area contributed by atoms with E-state index >= 15 is 0 Å². The van der Waals surface area contributed by atoms with Crippen LogP contribution in [0.5, 0.6) is 0 Å². The van der Waals surface area contributed by atoms with E-state index in [1.165, 1.54) is 29.9 Å². The molecule has 1 saturated carbocycles. The van der Waals surface area contributed by atoms with Gasteiger partial charge in [-0.3, -0.25) is 0 Å². The third kappa shape index (κ3) is 3.10. The summed E-state index contributed by atoms with van der Waals surface area (Å²) in [7, 11) is 0. The molecule has 0 bridgehead atoms. The van der Waals surface area contributed by atoms with Crippen molar-refractivity contribution in [3.8, 4) is 0 Å². The zero-order valence-corrected chi connectivity index (χ0v) is 12.6. The Kier molecular flexibility index (Phi) is 3.87. The molecule has 0 atom stereocenters. The van der Waals surface area contributed by atoms with Gasteiger partial charge < -0.3 is 10.6 Å². The third-order valence-electron chi connectivity index (χ3n) is 3.46. The lowest BCUT2D eigenvalue weighted by Gasteiger charge is -2.20. The van der Waals surface area contributed by atoms with Crippen LogP contribution < -0.4 is 10.6 Å². The molecule has 0 saturated heterocycles. The van der Waals surface area contributed by atoms with Crippen molar-refractivity contribution < 1.29 is 0 Å². The molecule has 0 spiro atoms. The molecule has 0 radical (unpaired) electrons. The molecule has 0 amide bonds. The number of aromatic nitrogens is 2. The quantitative estimate of drug-likeness (QED) is 0.828. The molecule has 1 aromatic carbocycles. The maximum absolute atomic E-state index is 5.86. The minimum Gasteiger partial charge on any atom is -0.399 e. The van der Waals surface area contributed by atoms with Crippen molar-refractivity contribution in [3.63, 3.8) is 0 Å².